The molecule has 2 aromatic rings. The van der Waals surface area contributed by atoms with E-state index in [1.807, 2.05) is 6.07 Å². The fourth-order valence-corrected chi connectivity index (χ4v) is 2.77. The van der Waals surface area contributed by atoms with Crippen molar-refractivity contribution in [2.75, 3.05) is 6.61 Å². The van der Waals surface area contributed by atoms with Gasteiger partial charge < -0.3 is 9.30 Å². The first kappa shape index (κ1) is 12.1. The SMILES string of the molecule is CC(C)n1c(C2CCO2)nc2c(F)cc(Br)cc21. The molecule has 0 N–H and O–H groups in total. The van der Waals surface area contributed by atoms with Crippen LogP contribution in [-0.4, -0.2) is 16.2 Å². The molecule has 1 atom stereocenters. The molecular weight excluding hydrogens is 299 g/mol. The number of hydrogen-bond acceptors (Lipinski definition) is 2. The Kier molecular flexibility index (Phi) is 2.90. The zero-order chi connectivity index (χ0) is 12.9. The summed E-state index contributed by atoms with van der Waals surface area (Å²) in [6, 6.07) is 3.59. The standard InChI is InChI=1S/C13H14BrFN2O/c1-7(2)17-10-6-8(14)5-9(15)12(10)16-13(17)11-3-4-18-11/h5-7,11H,3-4H2,1-2H3. The molecule has 1 saturated heterocycles. The average Bonchev–Trinajstić information content (AvgIpc) is 2.54. The Balaban J connectivity index is 2.28. The highest BCUT2D eigenvalue weighted by Crippen LogP contribution is 2.34. The minimum atomic E-state index is -0.292. The second-order valence-electron chi connectivity index (χ2n) is 4.84. The summed E-state index contributed by atoms with van der Waals surface area (Å²) in [5, 5.41) is 0. The number of hydrogen-bond donors (Lipinski definition) is 0. The number of benzene rings is 1. The van der Waals surface area contributed by atoms with E-state index in [9.17, 15) is 4.39 Å². The monoisotopic (exact) mass is 312 g/mol. The second kappa shape index (κ2) is 4.31. The van der Waals surface area contributed by atoms with Gasteiger partial charge in [0.25, 0.3) is 0 Å². The maximum atomic E-state index is 13.9. The third-order valence-corrected chi connectivity index (χ3v) is 3.70. The number of rotatable bonds is 2. The molecular formula is C13H14BrFN2O. The van der Waals surface area contributed by atoms with Crippen molar-refractivity contribution < 1.29 is 9.13 Å². The molecule has 1 aliphatic heterocycles. The lowest BCUT2D eigenvalue weighted by atomic mass is 10.1. The predicted octanol–water partition coefficient (Wildman–Crippen LogP) is 3.98. The highest BCUT2D eigenvalue weighted by molar-refractivity contribution is 9.10. The van der Waals surface area contributed by atoms with Crippen molar-refractivity contribution in [1.82, 2.24) is 9.55 Å². The topological polar surface area (TPSA) is 27.1 Å². The summed E-state index contributed by atoms with van der Waals surface area (Å²) in [4.78, 5) is 4.44. The third kappa shape index (κ3) is 1.77. The minimum absolute atomic E-state index is 0.0120. The first-order valence-corrected chi connectivity index (χ1v) is 6.85. The molecule has 96 valence electrons. The zero-order valence-electron chi connectivity index (χ0n) is 10.3. The molecule has 3 rings (SSSR count). The van der Waals surface area contributed by atoms with E-state index in [-0.39, 0.29) is 18.0 Å². The molecule has 0 radical (unpaired) electrons. The van der Waals surface area contributed by atoms with Gasteiger partial charge in [-0.1, -0.05) is 15.9 Å². The first-order valence-electron chi connectivity index (χ1n) is 6.06. The third-order valence-electron chi connectivity index (χ3n) is 3.24. The van der Waals surface area contributed by atoms with Gasteiger partial charge in [0.15, 0.2) is 5.82 Å². The van der Waals surface area contributed by atoms with Crippen LogP contribution >= 0.6 is 15.9 Å². The maximum Gasteiger partial charge on any atom is 0.152 e. The molecule has 18 heavy (non-hydrogen) atoms. The highest BCUT2D eigenvalue weighted by Gasteiger charge is 2.28. The average molecular weight is 313 g/mol. The van der Waals surface area contributed by atoms with Gasteiger partial charge in [-0.15, -0.1) is 0 Å². The Morgan fingerprint density at radius 1 is 1.50 bits per heavy atom. The molecule has 1 fully saturated rings. The van der Waals surface area contributed by atoms with Crippen molar-refractivity contribution in [3.63, 3.8) is 0 Å². The van der Waals surface area contributed by atoms with Crippen LogP contribution in [0.3, 0.4) is 0 Å². The van der Waals surface area contributed by atoms with E-state index in [1.165, 1.54) is 6.07 Å². The van der Waals surface area contributed by atoms with Crippen LogP contribution in [0.5, 0.6) is 0 Å². The van der Waals surface area contributed by atoms with E-state index in [0.717, 1.165) is 28.8 Å². The molecule has 5 heteroatoms. The Morgan fingerprint density at radius 2 is 2.22 bits per heavy atom. The summed E-state index contributed by atoms with van der Waals surface area (Å²) in [6.07, 6.45) is 0.969. The van der Waals surface area contributed by atoms with E-state index in [4.69, 9.17) is 4.74 Å². The lowest BCUT2D eigenvalue weighted by molar-refractivity contribution is -0.0599. The van der Waals surface area contributed by atoms with Crippen LogP contribution in [0.25, 0.3) is 11.0 Å². The van der Waals surface area contributed by atoms with Crippen molar-refractivity contribution >= 4 is 27.0 Å². The summed E-state index contributed by atoms with van der Waals surface area (Å²) in [5.41, 5.74) is 1.25. The van der Waals surface area contributed by atoms with Crippen molar-refractivity contribution in [2.45, 2.75) is 32.4 Å². The van der Waals surface area contributed by atoms with Gasteiger partial charge in [-0.2, -0.15) is 0 Å². The lowest BCUT2D eigenvalue weighted by Crippen LogP contribution is -2.23. The molecule has 0 saturated carbocycles. The quantitative estimate of drug-likeness (QED) is 0.838. The first-order chi connectivity index (χ1) is 8.58. The summed E-state index contributed by atoms with van der Waals surface area (Å²) < 4.78 is 22.2. The van der Waals surface area contributed by atoms with Gasteiger partial charge in [-0.3, -0.25) is 0 Å². The molecule has 0 bridgehead atoms. The van der Waals surface area contributed by atoms with Crippen LogP contribution in [0.1, 0.15) is 38.2 Å². The fourth-order valence-electron chi connectivity index (χ4n) is 2.35. The Morgan fingerprint density at radius 3 is 2.78 bits per heavy atom. The van der Waals surface area contributed by atoms with E-state index in [1.54, 1.807) is 0 Å². The minimum Gasteiger partial charge on any atom is -0.370 e. The molecule has 0 spiro atoms. The molecule has 1 unspecified atom stereocenters. The lowest BCUT2D eigenvalue weighted by Gasteiger charge is -2.27. The largest absolute Gasteiger partial charge is 0.370 e. The van der Waals surface area contributed by atoms with E-state index < -0.39 is 0 Å². The van der Waals surface area contributed by atoms with Gasteiger partial charge in [0, 0.05) is 16.9 Å². The highest BCUT2D eigenvalue weighted by atomic mass is 79.9. The fraction of sp³-hybridized carbons (Fsp3) is 0.462. The molecule has 2 heterocycles. The van der Waals surface area contributed by atoms with Crippen molar-refractivity contribution in [2.24, 2.45) is 0 Å². The summed E-state index contributed by atoms with van der Waals surface area (Å²) >= 11 is 3.33. The molecule has 3 nitrogen and oxygen atoms in total. The van der Waals surface area contributed by atoms with Gasteiger partial charge in [-0.25, -0.2) is 9.37 Å². The number of halogens is 2. The normalized spacial score (nSPS) is 19.5. The molecule has 0 aliphatic carbocycles. The van der Waals surface area contributed by atoms with E-state index >= 15 is 0 Å². The summed E-state index contributed by atoms with van der Waals surface area (Å²) in [7, 11) is 0. The van der Waals surface area contributed by atoms with E-state index in [2.05, 4.69) is 39.3 Å². The molecule has 1 aromatic heterocycles. The van der Waals surface area contributed by atoms with Gasteiger partial charge in [0.2, 0.25) is 0 Å². The van der Waals surface area contributed by atoms with Gasteiger partial charge >= 0.3 is 0 Å². The number of fused-ring (bicyclic) bond motifs is 1. The second-order valence-corrected chi connectivity index (χ2v) is 5.75. The Labute approximate surface area is 113 Å². The van der Waals surface area contributed by atoms with Gasteiger partial charge in [0.05, 0.1) is 12.1 Å². The maximum absolute atomic E-state index is 13.9. The Hall–Kier alpha value is -0.940. The van der Waals surface area contributed by atoms with Crippen LogP contribution in [0.15, 0.2) is 16.6 Å². The smallest absolute Gasteiger partial charge is 0.152 e. The molecule has 1 aromatic carbocycles. The van der Waals surface area contributed by atoms with Gasteiger partial charge in [-0.05, 0) is 26.0 Å². The van der Waals surface area contributed by atoms with Crippen molar-refractivity contribution in [3.8, 4) is 0 Å². The predicted molar refractivity (Wildman–Crippen MR) is 71.1 cm³/mol. The van der Waals surface area contributed by atoms with E-state index in [0.29, 0.717) is 5.52 Å². The van der Waals surface area contributed by atoms with Gasteiger partial charge in [0.1, 0.15) is 17.4 Å². The van der Waals surface area contributed by atoms with Crippen molar-refractivity contribution in [1.29, 1.82) is 0 Å². The van der Waals surface area contributed by atoms with Crippen molar-refractivity contribution in [3.05, 3.63) is 28.2 Å². The van der Waals surface area contributed by atoms with Crippen LogP contribution in [0, 0.1) is 5.82 Å². The number of ether oxygens (including phenoxy) is 1. The van der Waals surface area contributed by atoms with Crippen LogP contribution < -0.4 is 0 Å². The number of nitrogens with zero attached hydrogens (tertiary/aromatic N) is 2. The van der Waals surface area contributed by atoms with Crippen LogP contribution in [0.4, 0.5) is 4.39 Å². The summed E-state index contributed by atoms with van der Waals surface area (Å²) in [6.45, 7) is 4.91. The van der Waals surface area contributed by atoms with Crippen LogP contribution in [0.2, 0.25) is 0 Å². The Bertz CT molecular complexity index is 605. The number of imidazole rings is 1. The van der Waals surface area contributed by atoms with Crippen LogP contribution in [-0.2, 0) is 4.74 Å². The zero-order valence-corrected chi connectivity index (χ0v) is 11.9. The molecule has 1 aliphatic rings. The summed E-state index contributed by atoms with van der Waals surface area (Å²) in [5.74, 6) is 0.544. The molecule has 0 amide bonds. The number of aromatic nitrogens is 2.